The molecule has 1 N–H and O–H groups in total. The van der Waals surface area contributed by atoms with Gasteiger partial charge in [-0.15, -0.1) is 0 Å². The fourth-order valence-corrected chi connectivity index (χ4v) is 0.947. The van der Waals surface area contributed by atoms with Crippen LogP contribution in [0.15, 0.2) is 28.5 Å². The summed E-state index contributed by atoms with van der Waals surface area (Å²) >= 11 is 0. The van der Waals surface area contributed by atoms with E-state index in [4.69, 9.17) is 0 Å². The van der Waals surface area contributed by atoms with Crippen LogP contribution in [-0.2, 0) is 4.79 Å². The van der Waals surface area contributed by atoms with Crippen LogP contribution < -0.4 is 5.32 Å². The van der Waals surface area contributed by atoms with Gasteiger partial charge in [-0.3, -0.25) is 9.79 Å². The summed E-state index contributed by atoms with van der Waals surface area (Å²) in [6, 6.07) is 0. The average molecular weight is 222 g/mol. The summed E-state index contributed by atoms with van der Waals surface area (Å²) in [5.41, 5.74) is 2.09. The lowest BCUT2D eigenvalue weighted by Crippen LogP contribution is -2.23. The standard InChI is InChI=1S/C13H22N2O/c1-7-11(6)15-13(16)12(10(4)5)14-8-9(2)3/h8-9H,6-7H2,1-5H3,(H,15,16). The third kappa shape index (κ3) is 5.49. The number of aliphatic imine (C=N–C) groups is 1. The smallest absolute Gasteiger partial charge is 0.273 e. The minimum atomic E-state index is -0.177. The van der Waals surface area contributed by atoms with E-state index in [0.717, 1.165) is 12.0 Å². The molecule has 16 heavy (non-hydrogen) atoms. The summed E-state index contributed by atoms with van der Waals surface area (Å²) in [4.78, 5) is 16.0. The summed E-state index contributed by atoms with van der Waals surface area (Å²) in [5.74, 6) is 0.153. The second-order valence-electron chi connectivity index (χ2n) is 4.28. The lowest BCUT2D eigenvalue weighted by atomic mass is 10.2. The molecule has 0 aromatic heterocycles. The Balaban J connectivity index is 4.77. The first-order valence-electron chi connectivity index (χ1n) is 5.59. The number of nitrogens with one attached hydrogen (secondary N) is 1. The summed E-state index contributed by atoms with van der Waals surface area (Å²) in [7, 11) is 0. The van der Waals surface area contributed by atoms with Crippen molar-refractivity contribution in [2.75, 3.05) is 0 Å². The zero-order chi connectivity index (χ0) is 12.7. The molecule has 0 bridgehead atoms. The Hall–Kier alpha value is -1.38. The van der Waals surface area contributed by atoms with Crippen molar-refractivity contribution in [3.8, 4) is 0 Å². The summed E-state index contributed by atoms with van der Waals surface area (Å²) in [6.45, 7) is 13.5. The first kappa shape index (κ1) is 14.6. The molecule has 0 fully saturated rings. The number of nitrogens with zero attached hydrogens (tertiary/aromatic N) is 1. The largest absolute Gasteiger partial charge is 0.325 e. The quantitative estimate of drug-likeness (QED) is 0.563. The maximum Gasteiger partial charge on any atom is 0.273 e. The maximum atomic E-state index is 11.8. The molecule has 90 valence electrons. The van der Waals surface area contributed by atoms with Gasteiger partial charge >= 0.3 is 0 Å². The first-order chi connectivity index (χ1) is 7.38. The fraction of sp³-hybridized carbons (Fsp3) is 0.538. The van der Waals surface area contributed by atoms with Gasteiger partial charge in [0.1, 0.15) is 5.70 Å². The number of hydrogen-bond donors (Lipinski definition) is 1. The molecule has 0 aliphatic heterocycles. The van der Waals surface area contributed by atoms with E-state index in [1.165, 1.54) is 0 Å². The van der Waals surface area contributed by atoms with Gasteiger partial charge in [-0.05, 0) is 31.8 Å². The SMILES string of the molecule is C=C(CC)NC(=O)C(N=CC(C)C)=C(C)C. The van der Waals surface area contributed by atoms with Gasteiger partial charge < -0.3 is 5.32 Å². The van der Waals surface area contributed by atoms with Crippen molar-refractivity contribution in [1.29, 1.82) is 0 Å². The molecule has 0 unspecified atom stereocenters. The molecule has 0 saturated heterocycles. The molecule has 0 aromatic carbocycles. The lowest BCUT2D eigenvalue weighted by molar-refractivity contribution is -0.116. The predicted octanol–water partition coefficient (Wildman–Crippen LogP) is 3.05. The third-order valence-electron chi connectivity index (χ3n) is 1.91. The van der Waals surface area contributed by atoms with Crippen molar-refractivity contribution in [3.63, 3.8) is 0 Å². The average Bonchev–Trinajstić information content (AvgIpc) is 2.16. The maximum absolute atomic E-state index is 11.8. The third-order valence-corrected chi connectivity index (χ3v) is 1.91. The number of carbonyl (C=O) groups excluding carboxylic acids is 1. The Labute approximate surface area is 98.3 Å². The van der Waals surface area contributed by atoms with Crippen LogP contribution in [0.3, 0.4) is 0 Å². The van der Waals surface area contributed by atoms with Crippen LogP contribution in [0.2, 0.25) is 0 Å². The van der Waals surface area contributed by atoms with Gasteiger partial charge in [0.25, 0.3) is 5.91 Å². The van der Waals surface area contributed by atoms with Crippen LogP contribution in [0.5, 0.6) is 0 Å². The van der Waals surface area contributed by atoms with Crippen LogP contribution in [0, 0.1) is 5.92 Å². The molecule has 0 spiro atoms. The van der Waals surface area contributed by atoms with E-state index in [2.05, 4.69) is 16.9 Å². The molecule has 3 heteroatoms. The van der Waals surface area contributed by atoms with Gasteiger partial charge in [0.15, 0.2) is 0 Å². The van der Waals surface area contributed by atoms with Gasteiger partial charge in [0.05, 0.1) is 0 Å². The summed E-state index contributed by atoms with van der Waals surface area (Å²) < 4.78 is 0. The molecule has 0 aliphatic rings. The van der Waals surface area contributed by atoms with Gasteiger partial charge in [-0.1, -0.05) is 27.4 Å². The van der Waals surface area contributed by atoms with Crippen molar-refractivity contribution in [2.45, 2.75) is 41.0 Å². The zero-order valence-corrected chi connectivity index (χ0v) is 10.9. The van der Waals surface area contributed by atoms with E-state index in [1.807, 2.05) is 34.6 Å². The van der Waals surface area contributed by atoms with Crippen LogP contribution in [-0.4, -0.2) is 12.1 Å². The van der Waals surface area contributed by atoms with Gasteiger partial charge in [0.2, 0.25) is 0 Å². The van der Waals surface area contributed by atoms with Crippen molar-refractivity contribution >= 4 is 12.1 Å². The minimum Gasteiger partial charge on any atom is -0.325 e. The van der Waals surface area contributed by atoms with Crippen LogP contribution in [0.25, 0.3) is 0 Å². The Morgan fingerprint density at radius 1 is 1.44 bits per heavy atom. The molecule has 0 saturated carbocycles. The van der Waals surface area contributed by atoms with Crippen molar-refractivity contribution in [1.82, 2.24) is 5.32 Å². The van der Waals surface area contributed by atoms with Gasteiger partial charge in [-0.25, -0.2) is 0 Å². The van der Waals surface area contributed by atoms with E-state index in [0.29, 0.717) is 17.3 Å². The van der Waals surface area contributed by atoms with E-state index < -0.39 is 0 Å². The Kier molecular flexibility index (Phi) is 6.38. The van der Waals surface area contributed by atoms with Crippen molar-refractivity contribution < 1.29 is 4.79 Å². The van der Waals surface area contributed by atoms with Crippen LogP contribution >= 0.6 is 0 Å². The summed E-state index contributed by atoms with van der Waals surface area (Å²) in [5, 5.41) is 2.73. The van der Waals surface area contributed by atoms with Crippen LogP contribution in [0.1, 0.15) is 41.0 Å². The lowest BCUT2D eigenvalue weighted by Gasteiger charge is -2.08. The van der Waals surface area contributed by atoms with E-state index in [-0.39, 0.29) is 5.91 Å². The molecule has 1 amide bonds. The molecule has 0 aromatic rings. The molecule has 0 atom stereocenters. The number of hydrogen-bond acceptors (Lipinski definition) is 2. The molecular weight excluding hydrogens is 200 g/mol. The monoisotopic (exact) mass is 222 g/mol. The topological polar surface area (TPSA) is 41.5 Å². The fourth-order valence-electron chi connectivity index (χ4n) is 0.947. The van der Waals surface area contributed by atoms with Crippen LogP contribution in [0.4, 0.5) is 0 Å². The Morgan fingerprint density at radius 2 is 2.00 bits per heavy atom. The molecule has 0 radical (unpaired) electrons. The van der Waals surface area contributed by atoms with Gasteiger partial charge in [0, 0.05) is 11.9 Å². The number of allylic oxidation sites excluding steroid dienone is 2. The number of rotatable bonds is 5. The second-order valence-corrected chi connectivity index (χ2v) is 4.28. The predicted molar refractivity (Wildman–Crippen MR) is 69.3 cm³/mol. The van der Waals surface area contributed by atoms with Gasteiger partial charge in [-0.2, -0.15) is 0 Å². The molecule has 0 heterocycles. The first-order valence-corrected chi connectivity index (χ1v) is 5.59. The molecular formula is C13H22N2O. The van der Waals surface area contributed by atoms with E-state index in [1.54, 1.807) is 6.21 Å². The molecule has 0 rings (SSSR count). The molecule has 0 aliphatic carbocycles. The van der Waals surface area contributed by atoms with E-state index >= 15 is 0 Å². The van der Waals surface area contributed by atoms with Crippen molar-refractivity contribution in [2.24, 2.45) is 10.9 Å². The Morgan fingerprint density at radius 3 is 2.38 bits per heavy atom. The highest BCUT2D eigenvalue weighted by atomic mass is 16.2. The normalized spacial score (nSPS) is 10.6. The number of amides is 1. The highest BCUT2D eigenvalue weighted by molar-refractivity contribution is 5.96. The van der Waals surface area contributed by atoms with Crippen molar-refractivity contribution in [3.05, 3.63) is 23.5 Å². The highest BCUT2D eigenvalue weighted by Gasteiger charge is 2.09. The molecule has 3 nitrogen and oxygen atoms in total. The second kappa shape index (κ2) is 6.99. The minimum absolute atomic E-state index is 0.177. The highest BCUT2D eigenvalue weighted by Crippen LogP contribution is 2.07. The van der Waals surface area contributed by atoms with E-state index in [9.17, 15) is 4.79 Å². The summed E-state index contributed by atoms with van der Waals surface area (Å²) in [6.07, 6.45) is 2.51. The number of carbonyl (C=O) groups is 1. The zero-order valence-electron chi connectivity index (χ0n) is 10.9. The Bertz CT molecular complexity index is 321.